The topological polar surface area (TPSA) is 36.4 Å². The van der Waals surface area contributed by atoms with Crippen molar-refractivity contribution in [1.82, 2.24) is 10.6 Å². The first-order valence-electron chi connectivity index (χ1n) is 20.4. The van der Waals surface area contributed by atoms with E-state index in [-0.39, 0.29) is 12.3 Å². The van der Waals surface area contributed by atoms with E-state index in [9.17, 15) is 0 Å². The van der Waals surface area contributed by atoms with Crippen LogP contribution < -0.4 is 10.6 Å². The van der Waals surface area contributed by atoms with Crippen LogP contribution in [0.15, 0.2) is 205 Å². The molecular weight excluding hydrogens is 767 g/mol. The Morgan fingerprint density at radius 1 is 0.400 bits per heavy atom. The van der Waals surface area contributed by atoms with Gasteiger partial charge in [-0.2, -0.15) is 0 Å². The predicted octanol–water partition coefficient (Wildman–Crippen LogP) is 14.9. The summed E-state index contributed by atoms with van der Waals surface area (Å²) in [7, 11) is 0. The monoisotopic (exact) mass is 803 g/mol. The Balaban J connectivity index is 1.08. The first kappa shape index (κ1) is 35.1. The third-order valence-corrected chi connectivity index (χ3v) is 14.4. The van der Waals surface area contributed by atoms with Crippen LogP contribution in [0.2, 0.25) is 0 Å². The maximum Gasteiger partial charge on any atom is 0.132 e. The van der Waals surface area contributed by atoms with E-state index in [0.29, 0.717) is 0 Å². The summed E-state index contributed by atoms with van der Waals surface area (Å²) in [5.74, 6) is 0.880. The van der Waals surface area contributed by atoms with Crippen LogP contribution in [0.5, 0.6) is 0 Å². The molecule has 3 heterocycles. The van der Waals surface area contributed by atoms with Gasteiger partial charge in [-0.3, -0.25) is 5.32 Å². The van der Waals surface area contributed by atoms with Gasteiger partial charge in [-0.1, -0.05) is 176 Å². The van der Waals surface area contributed by atoms with Crippen LogP contribution in [0, 0.1) is 0 Å². The SMILES string of the molecule is c1ccc(-c2ccc(C3N=C(c4ccc(-c5cccc6ccccc56)c5sc6c(-c7ccc8sc9ccccc9c8c7)cccc6c45)NC(c4ccccc4)N3)cc2)cc1. The van der Waals surface area contributed by atoms with Crippen LogP contribution in [-0.4, -0.2) is 5.84 Å². The Labute approximate surface area is 355 Å². The summed E-state index contributed by atoms with van der Waals surface area (Å²) in [6, 6.07) is 72.7. The highest BCUT2D eigenvalue weighted by molar-refractivity contribution is 7.27. The summed E-state index contributed by atoms with van der Waals surface area (Å²) in [5, 5.41) is 15.3. The fourth-order valence-corrected chi connectivity index (χ4v) is 11.5. The maximum absolute atomic E-state index is 5.53. The predicted molar refractivity (Wildman–Crippen MR) is 257 cm³/mol. The molecular formula is C55H37N3S2. The largest absolute Gasteiger partial charge is 0.350 e. The second kappa shape index (κ2) is 14.4. The fourth-order valence-electron chi connectivity index (χ4n) is 9.06. The quantitative estimate of drug-likeness (QED) is 0.176. The first-order chi connectivity index (χ1) is 29.7. The molecule has 11 aromatic rings. The Morgan fingerprint density at radius 2 is 1.05 bits per heavy atom. The zero-order chi connectivity index (χ0) is 39.6. The van der Waals surface area contributed by atoms with Crippen molar-refractivity contribution in [3.63, 3.8) is 0 Å². The Morgan fingerprint density at radius 3 is 1.92 bits per heavy atom. The van der Waals surface area contributed by atoms with Crippen molar-refractivity contribution in [2.75, 3.05) is 0 Å². The van der Waals surface area contributed by atoms with Gasteiger partial charge in [-0.25, -0.2) is 4.99 Å². The molecule has 2 unspecified atom stereocenters. The van der Waals surface area contributed by atoms with Gasteiger partial charge in [0.2, 0.25) is 0 Å². The molecule has 0 saturated carbocycles. The summed E-state index contributed by atoms with van der Waals surface area (Å²) in [6.07, 6.45) is -0.422. The van der Waals surface area contributed by atoms with Crippen LogP contribution in [-0.2, 0) is 0 Å². The highest BCUT2D eigenvalue weighted by atomic mass is 32.1. The van der Waals surface area contributed by atoms with E-state index in [1.807, 2.05) is 22.7 Å². The molecule has 0 radical (unpaired) electrons. The number of nitrogens with zero attached hydrogens (tertiary/aromatic N) is 1. The first-order valence-corrected chi connectivity index (χ1v) is 22.1. The molecule has 0 fully saturated rings. The van der Waals surface area contributed by atoms with Crippen LogP contribution in [0.3, 0.4) is 0 Å². The van der Waals surface area contributed by atoms with Crippen molar-refractivity contribution in [2.24, 2.45) is 4.99 Å². The lowest BCUT2D eigenvalue weighted by Crippen LogP contribution is -2.45. The normalized spacial score (nSPS) is 15.5. The van der Waals surface area contributed by atoms with Gasteiger partial charge in [-0.05, 0) is 74.0 Å². The third kappa shape index (κ3) is 5.93. The minimum atomic E-state index is -0.267. The number of hydrogen-bond donors (Lipinski definition) is 2. The average molecular weight is 804 g/mol. The van der Waals surface area contributed by atoms with Crippen LogP contribution in [0.1, 0.15) is 29.0 Å². The second-order valence-corrected chi connectivity index (χ2v) is 17.6. The van der Waals surface area contributed by atoms with Crippen LogP contribution in [0.25, 0.3) is 84.5 Å². The van der Waals surface area contributed by atoms with Gasteiger partial charge in [0, 0.05) is 51.5 Å². The van der Waals surface area contributed by atoms with E-state index in [1.165, 1.54) is 84.5 Å². The molecule has 284 valence electrons. The zero-order valence-electron chi connectivity index (χ0n) is 32.5. The highest BCUT2D eigenvalue weighted by Gasteiger charge is 2.28. The number of rotatable bonds is 6. The number of nitrogens with one attached hydrogen (secondary N) is 2. The molecule has 1 aliphatic heterocycles. The van der Waals surface area contributed by atoms with Crippen LogP contribution in [0.4, 0.5) is 0 Å². The average Bonchev–Trinajstić information content (AvgIpc) is 3.91. The van der Waals surface area contributed by atoms with Crippen molar-refractivity contribution < 1.29 is 0 Å². The number of aliphatic imine (C=N–C) groups is 1. The smallest absolute Gasteiger partial charge is 0.132 e. The summed E-state index contributed by atoms with van der Waals surface area (Å²) < 4.78 is 5.18. The van der Waals surface area contributed by atoms with Gasteiger partial charge in [0.05, 0.1) is 0 Å². The standard InChI is InChI=1S/C55H37N3S2/c1-3-13-34(14-4-1)35-25-27-38(28-26-35)54-56-53(37-16-5-2-6-17-37)57-55(58-54)46-31-30-44(42-22-11-18-36-15-7-8-19-40(36)42)52-50(46)45-23-12-21-41(51(45)60-52)39-29-32-49-47(33-39)43-20-9-10-24-48(43)59-49/h1-33,53-54,56H,(H,57,58). The molecule has 0 spiro atoms. The number of fused-ring (bicyclic) bond motifs is 7. The Bertz CT molecular complexity index is 3430. The Hall–Kier alpha value is -6.89. The third-order valence-electron chi connectivity index (χ3n) is 12.0. The lowest BCUT2D eigenvalue weighted by Gasteiger charge is -2.32. The molecule has 2 aromatic heterocycles. The van der Waals surface area contributed by atoms with Gasteiger partial charge in [0.25, 0.3) is 0 Å². The number of thiophene rings is 2. The molecule has 0 bridgehead atoms. The summed E-state index contributed by atoms with van der Waals surface area (Å²) in [4.78, 5) is 5.53. The number of amidine groups is 1. The molecule has 3 nitrogen and oxygen atoms in total. The van der Waals surface area contributed by atoms with Gasteiger partial charge >= 0.3 is 0 Å². The molecule has 0 amide bonds. The summed E-state index contributed by atoms with van der Waals surface area (Å²) in [5.41, 5.74) is 10.7. The van der Waals surface area contributed by atoms with Gasteiger partial charge < -0.3 is 5.32 Å². The summed E-state index contributed by atoms with van der Waals surface area (Å²) >= 11 is 3.77. The lowest BCUT2D eigenvalue weighted by molar-refractivity contribution is 0.409. The van der Waals surface area contributed by atoms with E-state index in [0.717, 1.165) is 22.5 Å². The van der Waals surface area contributed by atoms with Gasteiger partial charge in [0.15, 0.2) is 0 Å². The fraction of sp³-hybridized carbons (Fsp3) is 0.0364. The van der Waals surface area contributed by atoms with Crippen molar-refractivity contribution in [3.05, 3.63) is 217 Å². The number of hydrogen-bond acceptors (Lipinski definition) is 5. The van der Waals surface area contributed by atoms with E-state index in [4.69, 9.17) is 4.99 Å². The highest BCUT2D eigenvalue weighted by Crippen LogP contribution is 2.47. The zero-order valence-corrected chi connectivity index (χ0v) is 34.1. The minimum absolute atomic E-state index is 0.155. The van der Waals surface area contributed by atoms with Crippen LogP contribution >= 0.6 is 22.7 Å². The molecule has 0 aliphatic carbocycles. The molecule has 1 aliphatic rings. The van der Waals surface area contributed by atoms with Crippen molar-refractivity contribution in [2.45, 2.75) is 12.3 Å². The lowest BCUT2D eigenvalue weighted by atomic mass is 9.93. The summed E-state index contributed by atoms with van der Waals surface area (Å²) in [6.45, 7) is 0. The molecule has 12 rings (SSSR count). The van der Waals surface area contributed by atoms with Crippen molar-refractivity contribution in [1.29, 1.82) is 0 Å². The molecule has 9 aromatic carbocycles. The van der Waals surface area contributed by atoms with E-state index in [2.05, 4.69) is 211 Å². The molecule has 0 saturated heterocycles. The minimum Gasteiger partial charge on any atom is -0.350 e. The van der Waals surface area contributed by atoms with Crippen molar-refractivity contribution in [3.8, 4) is 33.4 Å². The van der Waals surface area contributed by atoms with Crippen molar-refractivity contribution >= 4 is 79.6 Å². The molecule has 2 atom stereocenters. The number of benzene rings is 9. The molecule has 60 heavy (non-hydrogen) atoms. The van der Waals surface area contributed by atoms with E-state index in [1.54, 1.807) is 0 Å². The van der Waals surface area contributed by atoms with E-state index >= 15 is 0 Å². The maximum atomic E-state index is 5.53. The molecule has 5 heteroatoms. The second-order valence-electron chi connectivity index (χ2n) is 15.5. The van der Waals surface area contributed by atoms with Gasteiger partial charge in [-0.15, -0.1) is 22.7 Å². The molecule has 2 N–H and O–H groups in total. The Kier molecular flexibility index (Phi) is 8.44. The van der Waals surface area contributed by atoms with E-state index < -0.39 is 0 Å². The van der Waals surface area contributed by atoms with Gasteiger partial charge in [0.1, 0.15) is 18.2 Å².